The average Bonchev–Trinajstić information content (AvgIpc) is 2.53. The number of carbonyl (C=O) groups is 2. The van der Waals surface area contributed by atoms with Gasteiger partial charge in [-0.1, -0.05) is 53.4 Å². The molecule has 0 amide bonds. The van der Waals surface area contributed by atoms with E-state index in [1.807, 2.05) is 27.7 Å². The van der Waals surface area contributed by atoms with Crippen LogP contribution in [0.3, 0.4) is 0 Å². The van der Waals surface area contributed by atoms with E-state index in [2.05, 4.69) is 0 Å². The van der Waals surface area contributed by atoms with Crippen molar-refractivity contribution >= 4 is 51.6 Å². The third-order valence-electron chi connectivity index (χ3n) is 4.23. The summed E-state index contributed by atoms with van der Waals surface area (Å²) in [7, 11) is -4.75. The molecule has 0 saturated carbocycles. The van der Waals surface area contributed by atoms with Gasteiger partial charge >= 0.3 is 11.9 Å². The minimum absolute atomic E-state index is 0. The SMILES string of the molecule is CCC(CC)COC(=O)CC(C(=O)OCC(CC)CC)S(=O)(=O)O.[Na]. The van der Waals surface area contributed by atoms with Gasteiger partial charge in [-0.2, -0.15) is 8.42 Å². The van der Waals surface area contributed by atoms with E-state index in [4.69, 9.17) is 9.47 Å². The molecule has 7 nitrogen and oxygen atoms in total. The predicted octanol–water partition coefficient (Wildman–Crippen LogP) is 2.21. The van der Waals surface area contributed by atoms with Crippen molar-refractivity contribution in [3.05, 3.63) is 0 Å². The molecule has 0 aliphatic rings. The minimum Gasteiger partial charge on any atom is -0.465 e. The number of hydrogen-bond acceptors (Lipinski definition) is 6. The van der Waals surface area contributed by atoms with Crippen LogP contribution in [0.2, 0.25) is 0 Å². The van der Waals surface area contributed by atoms with Crippen LogP contribution in [-0.4, -0.2) is 72.9 Å². The first-order valence-corrected chi connectivity index (χ1v) is 9.98. The van der Waals surface area contributed by atoms with E-state index in [0.717, 1.165) is 25.7 Å². The first kappa shape index (κ1) is 27.1. The van der Waals surface area contributed by atoms with Crippen molar-refractivity contribution < 1.29 is 32.0 Å². The molecule has 0 aromatic heterocycles. The summed E-state index contributed by atoms with van der Waals surface area (Å²) >= 11 is 0. The fourth-order valence-corrected chi connectivity index (χ4v) is 2.73. The second-order valence-electron chi connectivity index (χ2n) is 5.89. The zero-order chi connectivity index (χ0) is 18.8. The molecule has 9 heteroatoms. The minimum atomic E-state index is -4.75. The summed E-state index contributed by atoms with van der Waals surface area (Å²) in [4.78, 5) is 23.7. The van der Waals surface area contributed by atoms with Crippen molar-refractivity contribution in [2.45, 2.75) is 65.0 Å². The molecule has 0 spiro atoms. The Morgan fingerprint density at radius 3 is 1.64 bits per heavy atom. The summed E-state index contributed by atoms with van der Waals surface area (Å²) in [6, 6.07) is 0. The third-order valence-corrected chi connectivity index (χ3v) is 5.30. The summed E-state index contributed by atoms with van der Waals surface area (Å²) < 4.78 is 42.0. The molecule has 0 fully saturated rings. The van der Waals surface area contributed by atoms with Gasteiger partial charge in [0.1, 0.15) is 0 Å². The monoisotopic (exact) mass is 389 g/mol. The standard InChI is InChI=1S/C16H30O7S.Na/c1-5-12(6-2)10-22-15(17)9-14(24(19,20)21)16(18)23-11-13(7-3)8-4;/h12-14H,5-11H2,1-4H3,(H,19,20,21);. The Balaban J connectivity index is 0. The van der Waals surface area contributed by atoms with Crippen molar-refractivity contribution in [1.82, 2.24) is 0 Å². The molecular formula is C16H30NaO7S. The van der Waals surface area contributed by atoms with Crippen molar-refractivity contribution in [1.29, 1.82) is 0 Å². The maximum atomic E-state index is 11.9. The number of hydrogen-bond donors (Lipinski definition) is 1. The molecule has 0 aliphatic carbocycles. The van der Waals surface area contributed by atoms with Gasteiger partial charge in [0, 0.05) is 29.6 Å². The summed E-state index contributed by atoms with van der Waals surface area (Å²) in [5, 5.41) is -1.94. The van der Waals surface area contributed by atoms with Gasteiger partial charge in [0.25, 0.3) is 10.1 Å². The maximum Gasteiger partial charge on any atom is 0.327 e. The van der Waals surface area contributed by atoms with Crippen LogP contribution in [0.15, 0.2) is 0 Å². The summed E-state index contributed by atoms with van der Waals surface area (Å²) in [6.45, 7) is 7.99. The van der Waals surface area contributed by atoms with Crippen LogP contribution in [0.25, 0.3) is 0 Å². The fourth-order valence-electron chi connectivity index (χ4n) is 2.07. The Labute approximate surface area is 173 Å². The largest absolute Gasteiger partial charge is 0.465 e. The number of rotatable bonds is 12. The zero-order valence-corrected chi connectivity index (χ0v) is 18.8. The van der Waals surface area contributed by atoms with Crippen molar-refractivity contribution in [3.63, 3.8) is 0 Å². The second kappa shape index (κ2) is 14.0. The molecule has 0 aromatic rings. The van der Waals surface area contributed by atoms with E-state index < -0.39 is 33.7 Å². The van der Waals surface area contributed by atoms with Gasteiger partial charge < -0.3 is 9.47 Å². The molecule has 143 valence electrons. The summed E-state index contributed by atoms with van der Waals surface area (Å²) in [5.74, 6) is -1.68. The molecule has 1 radical (unpaired) electrons. The van der Waals surface area contributed by atoms with E-state index in [1.54, 1.807) is 0 Å². The van der Waals surface area contributed by atoms with E-state index in [1.165, 1.54) is 0 Å². The van der Waals surface area contributed by atoms with Crippen LogP contribution in [0.4, 0.5) is 0 Å². The number of esters is 2. The van der Waals surface area contributed by atoms with Crippen LogP contribution in [0.5, 0.6) is 0 Å². The molecule has 25 heavy (non-hydrogen) atoms. The molecular weight excluding hydrogens is 359 g/mol. The average molecular weight is 389 g/mol. The first-order valence-electron chi connectivity index (χ1n) is 8.47. The van der Waals surface area contributed by atoms with Crippen LogP contribution in [0, 0.1) is 11.8 Å². The molecule has 0 saturated heterocycles. The molecule has 1 unspecified atom stereocenters. The predicted molar refractivity (Wildman–Crippen MR) is 95.8 cm³/mol. The second-order valence-corrected chi connectivity index (χ2v) is 7.48. The number of carbonyl (C=O) groups excluding carboxylic acids is 2. The zero-order valence-electron chi connectivity index (χ0n) is 16.0. The smallest absolute Gasteiger partial charge is 0.327 e. The Bertz CT molecular complexity index is 485. The molecule has 1 N–H and O–H groups in total. The Morgan fingerprint density at radius 2 is 1.28 bits per heavy atom. The Morgan fingerprint density at radius 1 is 0.880 bits per heavy atom. The van der Waals surface area contributed by atoms with E-state index in [0.29, 0.717) is 0 Å². The van der Waals surface area contributed by atoms with E-state index in [9.17, 15) is 22.6 Å². The quantitative estimate of drug-likeness (QED) is 0.310. The molecule has 0 heterocycles. The fraction of sp³-hybridized carbons (Fsp3) is 0.875. The summed E-state index contributed by atoms with van der Waals surface area (Å²) in [5.41, 5.74) is 0. The van der Waals surface area contributed by atoms with Crippen molar-refractivity contribution in [2.75, 3.05) is 13.2 Å². The topological polar surface area (TPSA) is 107 Å². The Hall–Kier alpha value is -0.150. The van der Waals surface area contributed by atoms with Crippen LogP contribution < -0.4 is 0 Å². The summed E-state index contributed by atoms with van der Waals surface area (Å²) in [6.07, 6.45) is 2.45. The van der Waals surface area contributed by atoms with E-state index in [-0.39, 0.29) is 54.6 Å². The first-order chi connectivity index (χ1) is 11.2. The van der Waals surface area contributed by atoms with Gasteiger partial charge in [0.2, 0.25) is 0 Å². The number of ether oxygens (including phenoxy) is 2. The third kappa shape index (κ3) is 11.2. The van der Waals surface area contributed by atoms with Gasteiger partial charge in [0.05, 0.1) is 19.6 Å². The van der Waals surface area contributed by atoms with Crippen molar-refractivity contribution in [2.24, 2.45) is 11.8 Å². The normalized spacial score (nSPS) is 12.6. The van der Waals surface area contributed by atoms with Crippen molar-refractivity contribution in [3.8, 4) is 0 Å². The molecule has 0 rings (SSSR count). The molecule has 0 aliphatic heterocycles. The van der Waals surface area contributed by atoms with Gasteiger partial charge in [-0.25, -0.2) is 0 Å². The van der Waals surface area contributed by atoms with Gasteiger partial charge in [-0.15, -0.1) is 0 Å². The van der Waals surface area contributed by atoms with Gasteiger partial charge in [-0.3, -0.25) is 14.1 Å². The molecule has 0 aromatic carbocycles. The van der Waals surface area contributed by atoms with Crippen LogP contribution >= 0.6 is 0 Å². The Kier molecular flexibility index (Phi) is 15.1. The molecule has 1 atom stereocenters. The van der Waals surface area contributed by atoms with Crippen LogP contribution in [-0.2, 0) is 29.2 Å². The van der Waals surface area contributed by atoms with Gasteiger partial charge in [0.15, 0.2) is 5.25 Å². The van der Waals surface area contributed by atoms with Gasteiger partial charge in [-0.05, 0) is 11.8 Å². The van der Waals surface area contributed by atoms with E-state index >= 15 is 0 Å². The maximum absolute atomic E-state index is 11.9. The van der Waals surface area contributed by atoms with Crippen LogP contribution in [0.1, 0.15) is 59.8 Å². The molecule has 0 bridgehead atoms.